The molecule has 0 radical (unpaired) electrons. The van der Waals surface area contributed by atoms with E-state index in [1.54, 1.807) is 23.1 Å². The standard InChI is InChI=1S/C11H9N5/c12-10-5-6-16(15-10)11-9-4-2-1-3-8(9)7-13-14-11/h1-7H,(H2,12,15). The van der Waals surface area contributed by atoms with E-state index in [1.807, 2.05) is 24.3 Å². The van der Waals surface area contributed by atoms with Crippen LogP contribution >= 0.6 is 0 Å². The van der Waals surface area contributed by atoms with Crippen molar-refractivity contribution < 1.29 is 0 Å². The predicted octanol–water partition coefficient (Wildman–Crippen LogP) is 1.40. The molecule has 5 heteroatoms. The van der Waals surface area contributed by atoms with E-state index >= 15 is 0 Å². The minimum absolute atomic E-state index is 0.467. The van der Waals surface area contributed by atoms with Crippen molar-refractivity contribution in [3.8, 4) is 5.82 Å². The van der Waals surface area contributed by atoms with E-state index in [9.17, 15) is 0 Å². The molecule has 0 aliphatic rings. The maximum absolute atomic E-state index is 5.58. The highest BCUT2D eigenvalue weighted by Crippen LogP contribution is 2.18. The van der Waals surface area contributed by atoms with Gasteiger partial charge in [0.15, 0.2) is 5.82 Å². The summed E-state index contributed by atoms with van der Waals surface area (Å²) in [5.74, 6) is 1.16. The van der Waals surface area contributed by atoms with Gasteiger partial charge in [0.25, 0.3) is 0 Å². The van der Waals surface area contributed by atoms with Crippen LogP contribution in [0.2, 0.25) is 0 Å². The van der Waals surface area contributed by atoms with Gasteiger partial charge in [-0.05, 0) is 0 Å². The van der Waals surface area contributed by atoms with E-state index in [2.05, 4.69) is 15.3 Å². The van der Waals surface area contributed by atoms with Gasteiger partial charge in [-0.1, -0.05) is 24.3 Å². The lowest BCUT2D eigenvalue weighted by atomic mass is 10.2. The van der Waals surface area contributed by atoms with E-state index in [0.29, 0.717) is 11.6 Å². The molecule has 0 aliphatic heterocycles. The molecular weight excluding hydrogens is 202 g/mol. The monoisotopic (exact) mass is 211 g/mol. The summed E-state index contributed by atoms with van der Waals surface area (Å²) in [5.41, 5.74) is 5.58. The Morgan fingerprint density at radius 3 is 2.81 bits per heavy atom. The molecule has 0 bridgehead atoms. The van der Waals surface area contributed by atoms with Gasteiger partial charge in [-0.2, -0.15) is 5.10 Å². The van der Waals surface area contributed by atoms with E-state index in [1.165, 1.54) is 0 Å². The summed E-state index contributed by atoms with van der Waals surface area (Å²) in [6.07, 6.45) is 3.50. The van der Waals surface area contributed by atoms with Gasteiger partial charge in [-0.3, -0.25) is 0 Å². The van der Waals surface area contributed by atoms with Crippen molar-refractivity contribution in [1.82, 2.24) is 20.0 Å². The molecule has 0 saturated heterocycles. The molecule has 2 heterocycles. The normalized spacial score (nSPS) is 10.8. The molecule has 1 aromatic carbocycles. The minimum Gasteiger partial charge on any atom is -0.382 e. The highest BCUT2D eigenvalue weighted by Gasteiger charge is 2.05. The first-order valence-corrected chi connectivity index (χ1v) is 4.86. The van der Waals surface area contributed by atoms with E-state index in [4.69, 9.17) is 5.73 Å². The largest absolute Gasteiger partial charge is 0.382 e. The number of hydrogen-bond donors (Lipinski definition) is 1. The number of nitrogens with zero attached hydrogens (tertiary/aromatic N) is 4. The number of nitrogens with two attached hydrogens (primary N) is 1. The summed E-state index contributed by atoms with van der Waals surface area (Å²) in [7, 11) is 0. The van der Waals surface area contributed by atoms with Crippen LogP contribution < -0.4 is 5.73 Å². The number of rotatable bonds is 1. The molecule has 3 aromatic rings. The van der Waals surface area contributed by atoms with E-state index < -0.39 is 0 Å². The fourth-order valence-electron chi connectivity index (χ4n) is 1.64. The first kappa shape index (κ1) is 8.84. The summed E-state index contributed by atoms with van der Waals surface area (Å²) < 4.78 is 1.63. The third-order valence-corrected chi connectivity index (χ3v) is 2.38. The predicted molar refractivity (Wildman–Crippen MR) is 61.1 cm³/mol. The van der Waals surface area contributed by atoms with Gasteiger partial charge >= 0.3 is 0 Å². The number of anilines is 1. The highest BCUT2D eigenvalue weighted by molar-refractivity contribution is 5.87. The average molecular weight is 211 g/mol. The molecule has 2 aromatic heterocycles. The van der Waals surface area contributed by atoms with Crippen LogP contribution in [0.1, 0.15) is 0 Å². The van der Waals surface area contributed by atoms with Crippen molar-refractivity contribution in [3.63, 3.8) is 0 Å². The molecule has 16 heavy (non-hydrogen) atoms. The molecule has 0 unspecified atom stereocenters. The van der Waals surface area contributed by atoms with Crippen LogP contribution in [0.5, 0.6) is 0 Å². The molecule has 0 fully saturated rings. The molecular formula is C11H9N5. The van der Waals surface area contributed by atoms with Gasteiger partial charge in [0, 0.05) is 23.0 Å². The third-order valence-electron chi connectivity index (χ3n) is 2.38. The van der Waals surface area contributed by atoms with Crippen LogP contribution in [0.4, 0.5) is 5.82 Å². The van der Waals surface area contributed by atoms with Crippen molar-refractivity contribution >= 4 is 16.6 Å². The van der Waals surface area contributed by atoms with E-state index in [0.717, 1.165) is 10.8 Å². The molecule has 5 nitrogen and oxygen atoms in total. The number of aromatic nitrogens is 4. The average Bonchev–Trinajstić information content (AvgIpc) is 2.75. The van der Waals surface area contributed by atoms with Gasteiger partial charge in [0.05, 0.1) is 6.20 Å². The molecule has 0 aliphatic carbocycles. The maximum atomic E-state index is 5.58. The number of fused-ring (bicyclic) bond motifs is 1. The Kier molecular flexibility index (Phi) is 1.83. The first-order chi connectivity index (χ1) is 7.84. The Labute approximate surface area is 91.5 Å². The summed E-state index contributed by atoms with van der Waals surface area (Å²) in [5, 5.41) is 14.2. The third kappa shape index (κ3) is 1.30. The van der Waals surface area contributed by atoms with Crippen LogP contribution in [0.25, 0.3) is 16.6 Å². The molecule has 2 N–H and O–H groups in total. The van der Waals surface area contributed by atoms with Crippen molar-refractivity contribution in [2.75, 3.05) is 5.73 Å². The zero-order chi connectivity index (χ0) is 11.0. The Hall–Kier alpha value is -2.43. The summed E-state index contributed by atoms with van der Waals surface area (Å²) >= 11 is 0. The van der Waals surface area contributed by atoms with Gasteiger partial charge < -0.3 is 5.73 Å². The fourth-order valence-corrected chi connectivity index (χ4v) is 1.64. The summed E-state index contributed by atoms with van der Waals surface area (Å²) in [6.45, 7) is 0. The molecule has 0 saturated carbocycles. The molecule has 78 valence electrons. The molecule has 0 atom stereocenters. The zero-order valence-electron chi connectivity index (χ0n) is 8.41. The second-order valence-electron chi connectivity index (χ2n) is 3.44. The number of benzene rings is 1. The minimum atomic E-state index is 0.467. The van der Waals surface area contributed by atoms with E-state index in [-0.39, 0.29) is 0 Å². The lowest BCUT2D eigenvalue weighted by Gasteiger charge is -2.03. The van der Waals surface area contributed by atoms with Crippen molar-refractivity contribution in [3.05, 3.63) is 42.7 Å². The maximum Gasteiger partial charge on any atom is 0.183 e. The van der Waals surface area contributed by atoms with Crippen LogP contribution in [0, 0.1) is 0 Å². The van der Waals surface area contributed by atoms with Gasteiger partial charge in [-0.15, -0.1) is 10.2 Å². The summed E-state index contributed by atoms with van der Waals surface area (Å²) in [6, 6.07) is 9.62. The first-order valence-electron chi connectivity index (χ1n) is 4.86. The number of nitrogen functional groups attached to an aromatic ring is 1. The highest BCUT2D eigenvalue weighted by atomic mass is 15.3. The summed E-state index contributed by atoms with van der Waals surface area (Å²) in [4.78, 5) is 0. The number of hydrogen-bond acceptors (Lipinski definition) is 4. The molecule has 3 rings (SSSR count). The molecule has 0 amide bonds. The second kappa shape index (κ2) is 3.30. The lowest BCUT2D eigenvalue weighted by molar-refractivity contribution is 0.829. The fraction of sp³-hybridized carbons (Fsp3) is 0. The van der Waals surface area contributed by atoms with Crippen molar-refractivity contribution in [2.45, 2.75) is 0 Å². The Bertz CT molecular complexity index is 638. The smallest absolute Gasteiger partial charge is 0.183 e. The molecule has 0 spiro atoms. The zero-order valence-corrected chi connectivity index (χ0v) is 8.41. The van der Waals surface area contributed by atoms with Crippen LogP contribution in [0.3, 0.4) is 0 Å². The van der Waals surface area contributed by atoms with Crippen molar-refractivity contribution in [1.29, 1.82) is 0 Å². The van der Waals surface area contributed by atoms with Crippen LogP contribution in [-0.4, -0.2) is 20.0 Å². The quantitative estimate of drug-likeness (QED) is 0.660. The van der Waals surface area contributed by atoms with Gasteiger partial charge in [0.1, 0.15) is 5.82 Å². The Balaban J connectivity index is 2.31. The SMILES string of the molecule is Nc1ccn(-c2nncc3ccccc23)n1. The van der Waals surface area contributed by atoms with Gasteiger partial charge in [0.2, 0.25) is 0 Å². The Morgan fingerprint density at radius 2 is 2.00 bits per heavy atom. The topological polar surface area (TPSA) is 69.6 Å². The Morgan fingerprint density at radius 1 is 1.12 bits per heavy atom. The van der Waals surface area contributed by atoms with Gasteiger partial charge in [-0.25, -0.2) is 4.68 Å². The second-order valence-corrected chi connectivity index (χ2v) is 3.44. The van der Waals surface area contributed by atoms with Crippen LogP contribution in [-0.2, 0) is 0 Å². The van der Waals surface area contributed by atoms with Crippen LogP contribution in [0.15, 0.2) is 42.7 Å². The lowest BCUT2D eigenvalue weighted by Crippen LogP contribution is -2.01. The van der Waals surface area contributed by atoms with Crippen molar-refractivity contribution in [2.24, 2.45) is 0 Å².